The first-order valence-corrected chi connectivity index (χ1v) is 8.41. The highest BCUT2D eigenvalue weighted by atomic mass is 16.5. The molecule has 0 aliphatic heterocycles. The van der Waals surface area contributed by atoms with Gasteiger partial charge in [-0.2, -0.15) is 0 Å². The Morgan fingerprint density at radius 2 is 1.74 bits per heavy atom. The monoisotopic (exact) mass is 361 g/mol. The fraction of sp³-hybridized carbons (Fsp3) is 0.0952. The van der Waals surface area contributed by atoms with Gasteiger partial charge in [-0.25, -0.2) is 5.06 Å². The predicted molar refractivity (Wildman–Crippen MR) is 101 cm³/mol. The van der Waals surface area contributed by atoms with Crippen LogP contribution in [0.2, 0.25) is 0 Å². The maximum atomic E-state index is 12.5. The molecule has 0 atom stereocenters. The zero-order valence-corrected chi connectivity index (χ0v) is 14.8. The molecule has 0 bridgehead atoms. The highest BCUT2D eigenvalue weighted by molar-refractivity contribution is 5.96. The average Bonchev–Trinajstić information content (AvgIpc) is 2.73. The van der Waals surface area contributed by atoms with Crippen LogP contribution >= 0.6 is 0 Å². The van der Waals surface area contributed by atoms with E-state index in [0.717, 1.165) is 16.7 Å². The predicted octanol–water partition coefficient (Wildman–Crippen LogP) is 3.14. The normalized spacial score (nSPS) is 10.3. The van der Waals surface area contributed by atoms with Crippen molar-refractivity contribution < 1.29 is 14.8 Å². The third kappa shape index (κ3) is 4.37. The molecule has 6 nitrogen and oxygen atoms in total. The van der Waals surface area contributed by atoms with E-state index in [2.05, 4.69) is 10.3 Å². The lowest BCUT2D eigenvalue weighted by molar-refractivity contribution is -0.0652. The summed E-state index contributed by atoms with van der Waals surface area (Å²) in [7, 11) is 1.57. The molecule has 0 aliphatic carbocycles. The molecule has 0 aliphatic rings. The molecule has 3 aromatic rings. The summed E-state index contributed by atoms with van der Waals surface area (Å²) in [5.74, 6) is -0.783. The second kappa shape index (κ2) is 8.25. The number of hydroxylamine groups is 2. The van der Waals surface area contributed by atoms with Crippen LogP contribution in [0.1, 0.15) is 26.4 Å². The van der Waals surface area contributed by atoms with Crippen LogP contribution in [-0.2, 0) is 6.54 Å². The molecule has 0 saturated heterocycles. The molecule has 2 N–H and O–H groups in total. The Kier molecular flexibility index (Phi) is 5.58. The summed E-state index contributed by atoms with van der Waals surface area (Å²) < 4.78 is 0. The molecule has 136 valence electrons. The molecule has 3 rings (SSSR count). The molecular formula is C21H19N3O3. The third-order valence-corrected chi connectivity index (χ3v) is 4.07. The van der Waals surface area contributed by atoms with Crippen LogP contribution in [0.5, 0.6) is 0 Å². The van der Waals surface area contributed by atoms with Gasteiger partial charge in [0.15, 0.2) is 0 Å². The smallest absolute Gasteiger partial charge is 0.296 e. The summed E-state index contributed by atoms with van der Waals surface area (Å²) in [5, 5.41) is 13.3. The van der Waals surface area contributed by atoms with Crippen molar-refractivity contribution in [3.63, 3.8) is 0 Å². The lowest BCUT2D eigenvalue weighted by Crippen LogP contribution is -2.27. The summed E-state index contributed by atoms with van der Waals surface area (Å²) in [5.41, 5.74) is 2.96. The number of hydrogen-bond acceptors (Lipinski definition) is 4. The summed E-state index contributed by atoms with van der Waals surface area (Å²) >= 11 is 0. The lowest BCUT2D eigenvalue weighted by atomic mass is 10.0. The van der Waals surface area contributed by atoms with Crippen molar-refractivity contribution >= 4 is 11.8 Å². The Labute approximate surface area is 157 Å². The fourth-order valence-electron chi connectivity index (χ4n) is 2.67. The molecule has 2 aromatic carbocycles. The summed E-state index contributed by atoms with van der Waals surface area (Å²) in [6, 6.07) is 19.6. The molecule has 0 radical (unpaired) electrons. The number of pyridine rings is 1. The van der Waals surface area contributed by atoms with E-state index in [0.29, 0.717) is 10.6 Å². The van der Waals surface area contributed by atoms with E-state index in [1.807, 2.05) is 36.4 Å². The van der Waals surface area contributed by atoms with E-state index < -0.39 is 5.91 Å². The summed E-state index contributed by atoms with van der Waals surface area (Å²) in [6.45, 7) is 0.0672. The van der Waals surface area contributed by atoms with E-state index >= 15 is 0 Å². The van der Waals surface area contributed by atoms with Crippen LogP contribution < -0.4 is 5.32 Å². The Morgan fingerprint density at radius 3 is 2.48 bits per heavy atom. The molecule has 1 heterocycles. The van der Waals surface area contributed by atoms with Gasteiger partial charge >= 0.3 is 0 Å². The van der Waals surface area contributed by atoms with Crippen molar-refractivity contribution in [2.75, 3.05) is 7.05 Å². The van der Waals surface area contributed by atoms with Crippen molar-refractivity contribution in [1.29, 1.82) is 0 Å². The van der Waals surface area contributed by atoms with Gasteiger partial charge in [-0.15, -0.1) is 0 Å². The first kappa shape index (κ1) is 18.3. The van der Waals surface area contributed by atoms with E-state index in [1.54, 1.807) is 37.4 Å². The van der Waals surface area contributed by atoms with Gasteiger partial charge < -0.3 is 5.32 Å². The Hall–Kier alpha value is -3.51. The van der Waals surface area contributed by atoms with Crippen LogP contribution in [0.3, 0.4) is 0 Å². The van der Waals surface area contributed by atoms with Crippen LogP contribution in [0.15, 0.2) is 72.9 Å². The van der Waals surface area contributed by atoms with Crippen molar-refractivity contribution in [3.8, 4) is 11.1 Å². The minimum absolute atomic E-state index is 0.0672. The number of carbonyl (C=O) groups is 2. The SMILES string of the molecule is CNC(=O)c1cccc(-c2ccnc(C(=O)N(O)Cc3ccccc3)c2)c1. The van der Waals surface area contributed by atoms with Gasteiger partial charge in [0.25, 0.3) is 11.8 Å². The molecule has 6 heteroatoms. The summed E-state index contributed by atoms with van der Waals surface area (Å²) in [6.07, 6.45) is 1.51. The van der Waals surface area contributed by atoms with Crippen LogP contribution in [0, 0.1) is 0 Å². The van der Waals surface area contributed by atoms with Crippen LogP contribution in [0.4, 0.5) is 0 Å². The first-order valence-electron chi connectivity index (χ1n) is 8.41. The molecule has 1 aromatic heterocycles. The van der Waals surface area contributed by atoms with Crippen molar-refractivity contribution in [2.24, 2.45) is 0 Å². The van der Waals surface area contributed by atoms with Gasteiger partial charge in [0.2, 0.25) is 0 Å². The van der Waals surface area contributed by atoms with Gasteiger partial charge in [0.1, 0.15) is 5.69 Å². The average molecular weight is 361 g/mol. The molecule has 0 fully saturated rings. The van der Waals surface area contributed by atoms with Gasteiger partial charge in [0, 0.05) is 18.8 Å². The number of hydrogen-bond donors (Lipinski definition) is 2. The quantitative estimate of drug-likeness (QED) is 0.540. The molecule has 27 heavy (non-hydrogen) atoms. The van der Waals surface area contributed by atoms with Gasteiger partial charge in [-0.3, -0.25) is 19.8 Å². The second-order valence-electron chi connectivity index (χ2n) is 5.94. The Balaban J connectivity index is 1.83. The number of nitrogens with one attached hydrogen (secondary N) is 1. The molecular weight excluding hydrogens is 342 g/mol. The molecule has 0 saturated carbocycles. The number of nitrogens with zero attached hydrogens (tertiary/aromatic N) is 2. The molecule has 0 spiro atoms. The largest absolute Gasteiger partial charge is 0.355 e. The number of benzene rings is 2. The minimum Gasteiger partial charge on any atom is -0.355 e. The van der Waals surface area contributed by atoms with Gasteiger partial charge in [-0.1, -0.05) is 42.5 Å². The third-order valence-electron chi connectivity index (χ3n) is 4.07. The minimum atomic E-state index is -0.594. The zero-order chi connectivity index (χ0) is 19.2. The van der Waals surface area contributed by atoms with E-state index in [1.165, 1.54) is 6.20 Å². The topological polar surface area (TPSA) is 82.5 Å². The number of rotatable bonds is 5. The fourth-order valence-corrected chi connectivity index (χ4v) is 2.67. The lowest BCUT2D eigenvalue weighted by Gasteiger charge is -2.15. The van der Waals surface area contributed by atoms with E-state index in [-0.39, 0.29) is 18.1 Å². The number of aromatic nitrogens is 1. The van der Waals surface area contributed by atoms with Crippen LogP contribution in [0.25, 0.3) is 11.1 Å². The van der Waals surface area contributed by atoms with E-state index in [4.69, 9.17) is 0 Å². The number of carbonyl (C=O) groups excluding carboxylic acids is 2. The van der Waals surface area contributed by atoms with Crippen LogP contribution in [-0.4, -0.2) is 34.1 Å². The highest BCUT2D eigenvalue weighted by Gasteiger charge is 2.16. The summed E-state index contributed by atoms with van der Waals surface area (Å²) in [4.78, 5) is 28.4. The maximum Gasteiger partial charge on any atom is 0.296 e. The second-order valence-corrected chi connectivity index (χ2v) is 5.94. The van der Waals surface area contributed by atoms with Gasteiger partial charge in [0.05, 0.1) is 6.54 Å². The van der Waals surface area contributed by atoms with Crippen molar-refractivity contribution in [3.05, 3.63) is 89.7 Å². The highest BCUT2D eigenvalue weighted by Crippen LogP contribution is 2.21. The van der Waals surface area contributed by atoms with Gasteiger partial charge in [-0.05, 0) is 41.0 Å². The molecule has 2 amide bonds. The van der Waals surface area contributed by atoms with E-state index in [9.17, 15) is 14.8 Å². The standard InChI is InChI=1S/C21H19N3O3/c1-22-20(25)18-9-5-8-16(12-18)17-10-11-23-19(13-17)21(26)24(27)14-15-6-3-2-4-7-15/h2-13,27H,14H2,1H3,(H,22,25). The first-order chi connectivity index (χ1) is 13.1. The number of amides is 2. The Morgan fingerprint density at radius 1 is 1.00 bits per heavy atom. The molecule has 0 unspecified atom stereocenters. The maximum absolute atomic E-state index is 12.5. The Bertz CT molecular complexity index is 958. The zero-order valence-electron chi connectivity index (χ0n) is 14.8. The van der Waals surface area contributed by atoms with Crippen molar-refractivity contribution in [2.45, 2.75) is 6.54 Å². The van der Waals surface area contributed by atoms with Crippen molar-refractivity contribution in [1.82, 2.24) is 15.4 Å².